The minimum absolute atomic E-state index is 0.106. The molecule has 0 aliphatic carbocycles. The highest BCUT2D eigenvalue weighted by molar-refractivity contribution is 6.46. The second kappa shape index (κ2) is 9.28. The summed E-state index contributed by atoms with van der Waals surface area (Å²) < 4.78 is 19.4. The fourth-order valence-electron chi connectivity index (χ4n) is 3.53. The highest BCUT2D eigenvalue weighted by Crippen LogP contribution is 2.34. The Morgan fingerprint density at radius 1 is 0.939 bits per heavy atom. The average Bonchev–Trinajstić information content (AvgIpc) is 3.03. The van der Waals surface area contributed by atoms with Gasteiger partial charge in [0, 0.05) is 5.69 Å². The maximum absolute atomic E-state index is 13.7. The second-order valence-corrected chi connectivity index (χ2v) is 8.40. The summed E-state index contributed by atoms with van der Waals surface area (Å²) in [6.07, 6.45) is 0. The van der Waals surface area contributed by atoms with Crippen LogP contribution in [-0.2, 0) is 9.59 Å². The smallest absolute Gasteiger partial charge is 0.282 e. The van der Waals surface area contributed by atoms with E-state index in [2.05, 4.69) is 19.2 Å². The highest BCUT2D eigenvalue weighted by atomic mass is 19.1. The number of amides is 2. The van der Waals surface area contributed by atoms with Crippen LogP contribution in [0.5, 0.6) is 5.75 Å². The molecule has 1 aliphatic heterocycles. The summed E-state index contributed by atoms with van der Waals surface area (Å²) in [5.41, 5.74) is 2.80. The molecule has 0 atom stereocenters. The number of hydrogen-bond donors (Lipinski definition) is 1. The van der Waals surface area contributed by atoms with Crippen molar-refractivity contribution in [2.45, 2.75) is 20.8 Å². The predicted molar refractivity (Wildman–Crippen MR) is 127 cm³/mol. The van der Waals surface area contributed by atoms with E-state index in [0.717, 1.165) is 10.5 Å². The van der Waals surface area contributed by atoms with Crippen molar-refractivity contribution in [2.24, 2.45) is 5.92 Å². The summed E-state index contributed by atoms with van der Waals surface area (Å²) >= 11 is 0. The topological polar surface area (TPSA) is 58.6 Å². The summed E-state index contributed by atoms with van der Waals surface area (Å²) in [5, 5.41) is 2.97. The molecule has 2 amide bonds. The Morgan fingerprint density at radius 2 is 1.64 bits per heavy atom. The van der Waals surface area contributed by atoms with Crippen molar-refractivity contribution in [1.82, 2.24) is 0 Å². The lowest BCUT2D eigenvalue weighted by Gasteiger charge is -2.16. The van der Waals surface area contributed by atoms with Gasteiger partial charge in [-0.25, -0.2) is 9.29 Å². The van der Waals surface area contributed by atoms with Crippen molar-refractivity contribution in [2.75, 3.05) is 16.8 Å². The van der Waals surface area contributed by atoms with Crippen molar-refractivity contribution in [3.05, 3.63) is 95.4 Å². The lowest BCUT2D eigenvalue weighted by atomic mass is 10.0. The van der Waals surface area contributed by atoms with Gasteiger partial charge in [0.2, 0.25) is 0 Å². The maximum atomic E-state index is 13.7. The molecule has 33 heavy (non-hydrogen) atoms. The zero-order chi connectivity index (χ0) is 23.5. The lowest BCUT2D eigenvalue weighted by Crippen LogP contribution is -2.32. The number of ether oxygens (including phenoxy) is 1. The maximum Gasteiger partial charge on any atom is 0.282 e. The van der Waals surface area contributed by atoms with Crippen LogP contribution < -0.4 is 15.0 Å². The number of benzene rings is 3. The predicted octanol–water partition coefficient (Wildman–Crippen LogP) is 5.57. The molecule has 3 aromatic rings. The van der Waals surface area contributed by atoms with Crippen molar-refractivity contribution in [3.8, 4) is 5.75 Å². The van der Waals surface area contributed by atoms with E-state index in [0.29, 0.717) is 35.2 Å². The molecule has 0 aromatic heterocycles. The molecule has 0 unspecified atom stereocenters. The number of nitrogens with one attached hydrogen (secondary N) is 1. The standard InChI is InChI=1S/C27H25FN2O3/c1-17(2)16-33-23-13-11-22(12-14-23)30-26(31)24(19-9-7-18(3)8-10-19)25(27(30)32)29-21-6-4-5-20(28)15-21/h4-15,17,29H,16H2,1-3H3. The molecular weight excluding hydrogens is 419 g/mol. The van der Waals surface area contributed by atoms with Gasteiger partial charge >= 0.3 is 0 Å². The van der Waals surface area contributed by atoms with Gasteiger partial charge in [0.25, 0.3) is 11.8 Å². The van der Waals surface area contributed by atoms with Crippen LogP contribution in [0, 0.1) is 18.7 Å². The first-order valence-corrected chi connectivity index (χ1v) is 10.8. The Morgan fingerprint density at radius 3 is 2.27 bits per heavy atom. The molecule has 1 heterocycles. The molecule has 168 valence electrons. The third-order valence-corrected chi connectivity index (χ3v) is 5.20. The van der Waals surface area contributed by atoms with E-state index in [4.69, 9.17) is 4.74 Å². The SMILES string of the molecule is Cc1ccc(C2=C(Nc3cccc(F)c3)C(=O)N(c3ccc(OCC(C)C)cc3)C2=O)cc1. The van der Waals surface area contributed by atoms with Crippen molar-refractivity contribution < 1.29 is 18.7 Å². The first-order valence-electron chi connectivity index (χ1n) is 10.8. The van der Waals surface area contributed by atoms with E-state index in [9.17, 15) is 14.0 Å². The number of carbonyl (C=O) groups is 2. The number of anilines is 2. The fourth-order valence-corrected chi connectivity index (χ4v) is 3.53. The Hall–Kier alpha value is -3.93. The van der Waals surface area contributed by atoms with Crippen LogP contribution in [0.2, 0.25) is 0 Å². The minimum Gasteiger partial charge on any atom is -0.493 e. The molecule has 0 saturated carbocycles. The van der Waals surface area contributed by atoms with Crippen LogP contribution in [-0.4, -0.2) is 18.4 Å². The van der Waals surface area contributed by atoms with Crippen LogP contribution >= 0.6 is 0 Å². The van der Waals surface area contributed by atoms with Gasteiger partial charge in [-0.05, 0) is 60.9 Å². The Bertz CT molecular complexity index is 1210. The first kappa shape index (κ1) is 22.3. The molecular formula is C27H25FN2O3. The summed E-state index contributed by atoms with van der Waals surface area (Å²) in [4.78, 5) is 28.0. The molecule has 4 rings (SSSR count). The molecule has 0 spiro atoms. The molecule has 3 aromatic carbocycles. The largest absolute Gasteiger partial charge is 0.493 e. The molecule has 1 aliphatic rings. The van der Waals surface area contributed by atoms with E-state index < -0.39 is 17.6 Å². The van der Waals surface area contributed by atoms with Crippen LogP contribution in [0.25, 0.3) is 5.57 Å². The van der Waals surface area contributed by atoms with E-state index in [1.807, 2.05) is 19.1 Å². The first-order chi connectivity index (χ1) is 15.8. The number of carbonyl (C=O) groups excluding carboxylic acids is 2. The summed E-state index contributed by atoms with van der Waals surface area (Å²) in [6.45, 7) is 6.63. The van der Waals surface area contributed by atoms with E-state index in [1.165, 1.54) is 12.1 Å². The Labute approximate surface area is 192 Å². The van der Waals surface area contributed by atoms with Gasteiger partial charge in [-0.15, -0.1) is 0 Å². The van der Waals surface area contributed by atoms with Crippen molar-refractivity contribution >= 4 is 28.8 Å². The number of rotatable bonds is 7. The van der Waals surface area contributed by atoms with E-state index in [1.54, 1.807) is 48.5 Å². The third kappa shape index (κ3) is 4.80. The Balaban J connectivity index is 1.70. The number of halogens is 1. The number of nitrogens with zero attached hydrogens (tertiary/aromatic N) is 1. The van der Waals surface area contributed by atoms with Crippen molar-refractivity contribution in [1.29, 1.82) is 0 Å². The van der Waals surface area contributed by atoms with Crippen LogP contribution in [0.15, 0.2) is 78.5 Å². The van der Waals surface area contributed by atoms with E-state index in [-0.39, 0.29) is 11.3 Å². The lowest BCUT2D eigenvalue weighted by molar-refractivity contribution is -0.120. The zero-order valence-corrected chi connectivity index (χ0v) is 18.8. The summed E-state index contributed by atoms with van der Waals surface area (Å²) in [6, 6.07) is 20.0. The Kier molecular flexibility index (Phi) is 6.27. The number of imide groups is 1. The number of aryl methyl sites for hydroxylation is 1. The number of hydrogen-bond acceptors (Lipinski definition) is 4. The van der Waals surface area contributed by atoms with Crippen LogP contribution in [0.1, 0.15) is 25.0 Å². The molecule has 0 fully saturated rings. The van der Waals surface area contributed by atoms with Crippen LogP contribution in [0.3, 0.4) is 0 Å². The monoisotopic (exact) mass is 444 g/mol. The van der Waals surface area contributed by atoms with Gasteiger partial charge < -0.3 is 10.1 Å². The molecule has 1 N–H and O–H groups in total. The van der Waals surface area contributed by atoms with Gasteiger partial charge in [-0.3, -0.25) is 9.59 Å². The minimum atomic E-state index is -0.504. The zero-order valence-electron chi connectivity index (χ0n) is 18.8. The molecule has 0 bridgehead atoms. The van der Waals surface area contributed by atoms with E-state index >= 15 is 0 Å². The van der Waals surface area contributed by atoms with Crippen molar-refractivity contribution in [3.63, 3.8) is 0 Å². The summed E-state index contributed by atoms with van der Waals surface area (Å²) in [7, 11) is 0. The van der Waals surface area contributed by atoms with Crippen LogP contribution in [0.4, 0.5) is 15.8 Å². The molecule has 0 saturated heterocycles. The van der Waals surface area contributed by atoms with Gasteiger partial charge in [-0.1, -0.05) is 49.7 Å². The highest BCUT2D eigenvalue weighted by Gasteiger charge is 2.40. The summed E-state index contributed by atoms with van der Waals surface area (Å²) in [5.74, 6) is -0.349. The molecule has 0 radical (unpaired) electrons. The third-order valence-electron chi connectivity index (χ3n) is 5.20. The van der Waals surface area contributed by atoms with Gasteiger partial charge in [0.05, 0.1) is 17.9 Å². The van der Waals surface area contributed by atoms with Gasteiger partial charge in [-0.2, -0.15) is 0 Å². The molecule has 5 nitrogen and oxygen atoms in total. The van der Waals surface area contributed by atoms with Gasteiger partial charge in [0.15, 0.2) is 0 Å². The average molecular weight is 445 g/mol. The normalized spacial score (nSPS) is 13.8. The second-order valence-electron chi connectivity index (χ2n) is 8.40. The van der Waals surface area contributed by atoms with Gasteiger partial charge in [0.1, 0.15) is 17.3 Å². The quantitative estimate of drug-likeness (QED) is 0.485. The molecule has 6 heteroatoms. The fraction of sp³-hybridized carbons (Fsp3) is 0.185.